The monoisotopic (exact) mass is 292 g/mol. The van der Waals surface area contributed by atoms with E-state index < -0.39 is 0 Å². The minimum Gasteiger partial charge on any atom is -0.494 e. The zero-order valence-electron chi connectivity index (χ0n) is 14.0. The van der Waals surface area contributed by atoms with Crippen molar-refractivity contribution >= 4 is 11.6 Å². The number of anilines is 1. The second-order valence-electron chi connectivity index (χ2n) is 5.76. The summed E-state index contributed by atoms with van der Waals surface area (Å²) in [4.78, 5) is 14.4. The molecule has 0 bridgehead atoms. The van der Waals surface area contributed by atoms with Crippen molar-refractivity contribution in [3.05, 3.63) is 24.3 Å². The summed E-state index contributed by atoms with van der Waals surface area (Å²) in [7, 11) is 0. The highest BCUT2D eigenvalue weighted by atomic mass is 16.5. The molecule has 1 rings (SSSR count). The summed E-state index contributed by atoms with van der Waals surface area (Å²) >= 11 is 0. The Morgan fingerprint density at radius 2 is 1.62 bits per heavy atom. The van der Waals surface area contributed by atoms with Crippen molar-refractivity contribution in [1.29, 1.82) is 0 Å². The maximum absolute atomic E-state index is 12.5. The number of nitrogens with one attached hydrogen (secondary N) is 1. The molecule has 1 aromatic rings. The van der Waals surface area contributed by atoms with E-state index in [0.29, 0.717) is 6.61 Å². The largest absolute Gasteiger partial charge is 0.494 e. The quantitative estimate of drug-likeness (QED) is 0.836. The van der Waals surface area contributed by atoms with Crippen LogP contribution in [-0.4, -0.2) is 35.5 Å². The van der Waals surface area contributed by atoms with E-state index >= 15 is 0 Å². The Balaban J connectivity index is 2.70. The summed E-state index contributed by atoms with van der Waals surface area (Å²) in [5, 5.41) is 3.25. The van der Waals surface area contributed by atoms with Crippen LogP contribution in [0.1, 0.15) is 41.5 Å². The van der Waals surface area contributed by atoms with Gasteiger partial charge in [-0.15, -0.1) is 0 Å². The van der Waals surface area contributed by atoms with Crippen LogP contribution in [0.4, 0.5) is 5.69 Å². The van der Waals surface area contributed by atoms with Gasteiger partial charge in [-0.3, -0.25) is 4.79 Å². The lowest BCUT2D eigenvalue weighted by Crippen LogP contribution is -2.48. The molecule has 0 heterocycles. The third-order valence-corrected chi connectivity index (χ3v) is 3.29. The van der Waals surface area contributed by atoms with E-state index in [-0.39, 0.29) is 24.0 Å². The molecule has 21 heavy (non-hydrogen) atoms. The summed E-state index contributed by atoms with van der Waals surface area (Å²) < 4.78 is 5.41. The van der Waals surface area contributed by atoms with Gasteiger partial charge < -0.3 is 15.0 Å². The standard InChI is InChI=1S/C17H28N2O2/c1-7-21-16-10-8-15(9-11-16)18-14(6)17(20)19(12(2)3)13(4)5/h8-14,18H,7H2,1-6H3/t14-/m0/s1. The van der Waals surface area contributed by atoms with Crippen molar-refractivity contribution in [1.82, 2.24) is 4.90 Å². The Labute approximate surface area is 128 Å². The van der Waals surface area contributed by atoms with Crippen molar-refractivity contribution in [2.45, 2.75) is 59.7 Å². The van der Waals surface area contributed by atoms with Gasteiger partial charge in [0.1, 0.15) is 11.8 Å². The molecule has 0 unspecified atom stereocenters. The van der Waals surface area contributed by atoms with Crippen molar-refractivity contribution in [3.63, 3.8) is 0 Å². The summed E-state index contributed by atoms with van der Waals surface area (Å²) in [5.41, 5.74) is 0.923. The van der Waals surface area contributed by atoms with Crippen LogP contribution in [0.3, 0.4) is 0 Å². The molecule has 4 nitrogen and oxygen atoms in total. The van der Waals surface area contributed by atoms with E-state index in [1.165, 1.54) is 0 Å². The molecule has 1 atom stereocenters. The van der Waals surface area contributed by atoms with Crippen molar-refractivity contribution < 1.29 is 9.53 Å². The minimum atomic E-state index is -0.257. The van der Waals surface area contributed by atoms with Crippen LogP contribution in [0.5, 0.6) is 5.75 Å². The second kappa shape index (κ2) is 7.91. The first kappa shape index (κ1) is 17.3. The first-order valence-corrected chi connectivity index (χ1v) is 7.68. The highest BCUT2D eigenvalue weighted by molar-refractivity contribution is 5.84. The van der Waals surface area contributed by atoms with E-state index in [1.54, 1.807) is 0 Å². The highest BCUT2D eigenvalue weighted by Gasteiger charge is 2.24. The summed E-state index contributed by atoms with van der Waals surface area (Å²) in [6.45, 7) is 12.7. The number of ether oxygens (including phenoxy) is 1. The van der Waals surface area contributed by atoms with E-state index in [9.17, 15) is 4.79 Å². The molecule has 0 radical (unpaired) electrons. The Kier molecular flexibility index (Phi) is 6.53. The molecule has 0 aliphatic heterocycles. The average molecular weight is 292 g/mol. The fraction of sp³-hybridized carbons (Fsp3) is 0.588. The van der Waals surface area contributed by atoms with Gasteiger partial charge in [0.15, 0.2) is 0 Å². The van der Waals surface area contributed by atoms with E-state index in [0.717, 1.165) is 11.4 Å². The van der Waals surface area contributed by atoms with Gasteiger partial charge in [-0.2, -0.15) is 0 Å². The van der Waals surface area contributed by atoms with Crippen molar-refractivity contribution in [3.8, 4) is 5.75 Å². The molecule has 0 aromatic heterocycles. The maximum Gasteiger partial charge on any atom is 0.245 e. The van der Waals surface area contributed by atoms with Crippen LogP contribution in [0, 0.1) is 0 Å². The lowest BCUT2D eigenvalue weighted by molar-refractivity contribution is -0.135. The van der Waals surface area contributed by atoms with E-state index in [1.807, 2.05) is 70.7 Å². The molecule has 1 N–H and O–H groups in total. The zero-order valence-corrected chi connectivity index (χ0v) is 14.0. The van der Waals surface area contributed by atoms with Crippen LogP contribution < -0.4 is 10.1 Å². The molecule has 0 spiro atoms. The number of hydrogen-bond acceptors (Lipinski definition) is 3. The van der Waals surface area contributed by atoms with Gasteiger partial charge in [-0.25, -0.2) is 0 Å². The normalized spacial score (nSPS) is 12.4. The fourth-order valence-corrected chi connectivity index (χ4v) is 2.45. The van der Waals surface area contributed by atoms with E-state index in [2.05, 4.69) is 5.32 Å². The average Bonchev–Trinajstić information content (AvgIpc) is 2.40. The smallest absolute Gasteiger partial charge is 0.245 e. The van der Waals surface area contributed by atoms with Crippen molar-refractivity contribution in [2.75, 3.05) is 11.9 Å². The number of rotatable bonds is 7. The predicted molar refractivity (Wildman–Crippen MR) is 87.8 cm³/mol. The second-order valence-corrected chi connectivity index (χ2v) is 5.76. The highest BCUT2D eigenvalue weighted by Crippen LogP contribution is 2.17. The molecule has 1 amide bonds. The molecule has 118 valence electrons. The van der Waals surface area contributed by atoms with Gasteiger partial charge in [-0.1, -0.05) is 0 Å². The lowest BCUT2D eigenvalue weighted by atomic mass is 10.1. The molecule has 0 saturated carbocycles. The molecule has 0 aliphatic rings. The molecule has 0 saturated heterocycles. The van der Waals surface area contributed by atoms with Gasteiger partial charge in [0.25, 0.3) is 0 Å². The summed E-state index contributed by atoms with van der Waals surface area (Å²) in [6, 6.07) is 7.82. The number of amides is 1. The molecule has 0 fully saturated rings. The summed E-state index contributed by atoms with van der Waals surface area (Å²) in [5.74, 6) is 0.960. The number of nitrogens with zero attached hydrogens (tertiary/aromatic N) is 1. The zero-order chi connectivity index (χ0) is 16.0. The van der Waals surface area contributed by atoms with Gasteiger partial charge in [0, 0.05) is 17.8 Å². The van der Waals surface area contributed by atoms with Crippen LogP contribution in [0.25, 0.3) is 0 Å². The lowest BCUT2D eigenvalue weighted by Gasteiger charge is -2.33. The van der Waals surface area contributed by atoms with E-state index in [4.69, 9.17) is 4.74 Å². The molecule has 1 aromatic carbocycles. The van der Waals surface area contributed by atoms with Gasteiger partial charge in [0.05, 0.1) is 6.61 Å². The van der Waals surface area contributed by atoms with Crippen LogP contribution in [0.15, 0.2) is 24.3 Å². The third kappa shape index (κ3) is 4.96. The van der Waals surface area contributed by atoms with Crippen LogP contribution in [-0.2, 0) is 4.79 Å². The Bertz CT molecular complexity index is 433. The topological polar surface area (TPSA) is 41.6 Å². The SMILES string of the molecule is CCOc1ccc(N[C@@H](C)C(=O)N(C(C)C)C(C)C)cc1. The Morgan fingerprint density at radius 1 is 1.10 bits per heavy atom. The van der Waals surface area contributed by atoms with Crippen LogP contribution >= 0.6 is 0 Å². The number of hydrogen-bond donors (Lipinski definition) is 1. The van der Waals surface area contributed by atoms with Gasteiger partial charge >= 0.3 is 0 Å². The Hall–Kier alpha value is -1.71. The number of carbonyl (C=O) groups excluding carboxylic acids is 1. The van der Waals surface area contributed by atoms with Crippen molar-refractivity contribution in [2.24, 2.45) is 0 Å². The first-order valence-electron chi connectivity index (χ1n) is 7.68. The van der Waals surface area contributed by atoms with Gasteiger partial charge in [0.2, 0.25) is 5.91 Å². The molecular formula is C17H28N2O2. The predicted octanol–water partition coefficient (Wildman–Crippen LogP) is 3.53. The molecule has 4 heteroatoms. The fourth-order valence-electron chi connectivity index (χ4n) is 2.45. The maximum atomic E-state index is 12.5. The molecular weight excluding hydrogens is 264 g/mol. The molecule has 0 aliphatic carbocycles. The summed E-state index contributed by atoms with van der Waals surface area (Å²) in [6.07, 6.45) is 0. The minimum absolute atomic E-state index is 0.119. The number of benzene rings is 1. The Morgan fingerprint density at radius 3 is 2.05 bits per heavy atom. The van der Waals surface area contributed by atoms with Crippen LogP contribution in [0.2, 0.25) is 0 Å². The number of carbonyl (C=O) groups is 1. The van der Waals surface area contributed by atoms with Gasteiger partial charge in [-0.05, 0) is 65.8 Å². The third-order valence-electron chi connectivity index (χ3n) is 3.29. The first-order chi connectivity index (χ1) is 9.86.